The van der Waals surface area contributed by atoms with E-state index >= 15 is 0 Å². The molecule has 0 bridgehead atoms. The molecule has 0 spiro atoms. The quantitative estimate of drug-likeness (QED) is 0.350. The van der Waals surface area contributed by atoms with Gasteiger partial charge in [0.1, 0.15) is 4.88 Å². The third-order valence-corrected chi connectivity index (χ3v) is 6.47. The van der Waals surface area contributed by atoms with Gasteiger partial charge in [-0.3, -0.25) is 9.69 Å². The van der Waals surface area contributed by atoms with Crippen LogP contribution in [0.1, 0.15) is 39.8 Å². The average Bonchev–Trinajstić information content (AvgIpc) is 3.27. The lowest BCUT2D eigenvalue weighted by Crippen LogP contribution is -2.30. The molecule has 1 amide bonds. The number of benzene rings is 2. The molecule has 0 aliphatic rings. The molecule has 0 saturated heterocycles. The van der Waals surface area contributed by atoms with E-state index in [9.17, 15) is 9.59 Å². The van der Waals surface area contributed by atoms with Crippen LogP contribution in [-0.2, 0) is 22.5 Å². The number of esters is 1. The van der Waals surface area contributed by atoms with Crippen LogP contribution in [0.4, 0.5) is 5.13 Å². The number of aromatic nitrogens is 1. The van der Waals surface area contributed by atoms with Crippen molar-refractivity contribution < 1.29 is 28.5 Å². The Kier molecular flexibility index (Phi) is 9.08. The number of anilines is 1. The molecule has 0 atom stereocenters. The first-order valence-corrected chi connectivity index (χ1v) is 12.0. The minimum Gasteiger partial charge on any atom is -0.493 e. The van der Waals surface area contributed by atoms with Gasteiger partial charge in [-0.15, -0.1) is 0 Å². The Hall–Kier alpha value is -3.59. The van der Waals surface area contributed by atoms with Gasteiger partial charge in [-0.2, -0.15) is 0 Å². The van der Waals surface area contributed by atoms with Gasteiger partial charge in [0.2, 0.25) is 11.7 Å². The molecule has 0 N–H and O–H groups in total. The van der Waals surface area contributed by atoms with E-state index in [1.807, 2.05) is 42.5 Å². The van der Waals surface area contributed by atoms with Crippen LogP contribution in [0.5, 0.6) is 17.2 Å². The summed E-state index contributed by atoms with van der Waals surface area (Å²) in [5, 5.41) is 0.462. The summed E-state index contributed by atoms with van der Waals surface area (Å²) in [5.74, 6) is 1.01. The van der Waals surface area contributed by atoms with Crippen LogP contribution in [0.3, 0.4) is 0 Å². The zero-order valence-corrected chi connectivity index (χ0v) is 21.4. The SMILES string of the molecule is CCOC(=O)c1sc(N(Cc2ccccc2)C(=O)CCc2cc(OC)c(OC)c(OC)c2)nc1C. The van der Waals surface area contributed by atoms with Crippen LogP contribution in [0.15, 0.2) is 42.5 Å². The van der Waals surface area contributed by atoms with Crippen LogP contribution in [-0.4, -0.2) is 44.8 Å². The minimum absolute atomic E-state index is 0.119. The van der Waals surface area contributed by atoms with Crippen LogP contribution in [0, 0.1) is 6.92 Å². The second-order valence-corrected chi connectivity index (χ2v) is 8.61. The number of amides is 1. The van der Waals surface area contributed by atoms with Crippen molar-refractivity contribution in [3.05, 3.63) is 64.2 Å². The molecule has 0 aliphatic heterocycles. The number of methoxy groups -OCH3 is 3. The number of carbonyl (C=O) groups is 2. The van der Waals surface area contributed by atoms with Crippen LogP contribution >= 0.6 is 11.3 Å². The molecule has 186 valence electrons. The summed E-state index contributed by atoms with van der Waals surface area (Å²) in [6, 6.07) is 13.3. The molecule has 0 unspecified atom stereocenters. The van der Waals surface area contributed by atoms with E-state index in [1.54, 1.807) is 40.1 Å². The number of ether oxygens (including phenoxy) is 4. The molecule has 3 rings (SSSR count). The van der Waals surface area contributed by atoms with Gasteiger partial charge in [-0.25, -0.2) is 9.78 Å². The third kappa shape index (κ3) is 6.30. The van der Waals surface area contributed by atoms with Crippen LogP contribution < -0.4 is 19.1 Å². The van der Waals surface area contributed by atoms with Gasteiger partial charge >= 0.3 is 5.97 Å². The molecule has 0 saturated carbocycles. The van der Waals surface area contributed by atoms with E-state index in [4.69, 9.17) is 18.9 Å². The molecule has 1 heterocycles. The summed E-state index contributed by atoms with van der Waals surface area (Å²) in [4.78, 5) is 32.3. The topological polar surface area (TPSA) is 87.2 Å². The Morgan fingerprint density at radius 1 is 0.971 bits per heavy atom. The molecule has 2 aromatic carbocycles. The molecule has 35 heavy (non-hydrogen) atoms. The average molecular weight is 499 g/mol. The number of rotatable bonds is 11. The second kappa shape index (κ2) is 12.2. The zero-order chi connectivity index (χ0) is 25.4. The van der Waals surface area contributed by atoms with E-state index in [1.165, 1.54) is 0 Å². The van der Waals surface area contributed by atoms with Gasteiger partial charge in [0.05, 0.1) is 40.2 Å². The molecule has 1 aromatic heterocycles. The highest BCUT2D eigenvalue weighted by Gasteiger charge is 2.24. The maximum atomic E-state index is 13.5. The number of hydrogen-bond acceptors (Lipinski definition) is 8. The Balaban J connectivity index is 1.87. The highest BCUT2D eigenvalue weighted by molar-refractivity contribution is 7.17. The second-order valence-electron chi connectivity index (χ2n) is 7.63. The number of aryl methyl sites for hydroxylation is 2. The van der Waals surface area contributed by atoms with E-state index in [2.05, 4.69) is 4.98 Å². The number of carbonyl (C=O) groups excluding carboxylic acids is 2. The lowest BCUT2D eigenvalue weighted by Gasteiger charge is -2.20. The third-order valence-electron chi connectivity index (χ3n) is 5.31. The van der Waals surface area contributed by atoms with Gasteiger partial charge in [0.15, 0.2) is 16.6 Å². The summed E-state index contributed by atoms with van der Waals surface area (Å²) < 4.78 is 21.4. The largest absolute Gasteiger partial charge is 0.493 e. The fourth-order valence-electron chi connectivity index (χ4n) is 3.58. The monoisotopic (exact) mass is 498 g/mol. The standard InChI is InChI=1S/C26H30N2O6S/c1-6-34-25(30)24-17(2)27-26(35-24)28(16-18-10-8-7-9-11-18)22(29)13-12-19-14-20(31-3)23(33-5)21(15-19)32-4/h7-11,14-15H,6,12-13,16H2,1-5H3. The Morgan fingerprint density at radius 3 is 2.20 bits per heavy atom. The minimum atomic E-state index is -0.432. The summed E-state index contributed by atoms with van der Waals surface area (Å²) in [6.45, 7) is 4.11. The maximum absolute atomic E-state index is 13.5. The smallest absolute Gasteiger partial charge is 0.350 e. The van der Waals surface area contributed by atoms with E-state index in [0.717, 1.165) is 22.5 Å². The van der Waals surface area contributed by atoms with Crippen molar-refractivity contribution in [3.8, 4) is 17.2 Å². The first kappa shape index (κ1) is 26.0. The van der Waals surface area contributed by atoms with E-state index < -0.39 is 5.97 Å². The van der Waals surface area contributed by atoms with Crippen molar-refractivity contribution in [2.24, 2.45) is 0 Å². The Bertz CT molecular complexity index is 1140. The van der Waals surface area contributed by atoms with Crippen molar-refractivity contribution in [2.75, 3.05) is 32.8 Å². The summed E-state index contributed by atoms with van der Waals surface area (Å²) in [7, 11) is 4.66. The first-order chi connectivity index (χ1) is 16.9. The molecule has 8 nitrogen and oxygen atoms in total. The van der Waals surface area contributed by atoms with Crippen LogP contribution in [0.2, 0.25) is 0 Å². The van der Waals surface area contributed by atoms with Crippen molar-refractivity contribution in [1.29, 1.82) is 0 Å². The van der Waals surface area contributed by atoms with Gasteiger partial charge in [-0.05, 0) is 43.5 Å². The van der Waals surface area contributed by atoms with Crippen molar-refractivity contribution in [3.63, 3.8) is 0 Å². The highest BCUT2D eigenvalue weighted by atomic mass is 32.1. The molecular formula is C26H30N2O6S. The summed E-state index contributed by atoms with van der Waals surface area (Å²) >= 11 is 1.16. The summed E-state index contributed by atoms with van der Waals surface area (Å²) in [5.41, 5.74) is 2.37. The molecule has 9 heteroatoms. The lowest BCUT2D eigenvalue weighted by molar-refractivity contribution is -0.118. The van der Waals surface area contributed by atoms with Crippen LogP contribution in [0.25, 0.3) is 0 Å². The molecule has 0 fully saturated rings. The normalized spacial score (nSPS) is 10.5. The molecule has 3 aromatic rings. The highest BCUT2D eigenvalue weighted by Crippen LogP contribution is 2.38. The fraction of sp³-hybridized carbons (Fsp3) is 0.346. The first-order valence-electron chi connectivity index (χ1n) is 11.2. The van der Waals surface area contributed by atoms with Crippen molar-refractivity contribution in [1.82, 2.24) is 4.98 Å². The molecular weight excluding hydrogens is 468 g/mol. The number of thiazole rings is 1. The maximum Gasteiger partial charge on any atom is 0.350 e. The van der Waals surface area contributed by atoms with Gasteiger partial charge < -0.3 is 18.9 Å². The van der Waals surface area contributed by atoms with Crippen molar-refractivity contribution in [2.45, 2.75) is 33.2 Å². The van der Waals surface area contributed by atoms with E-state index in [-0.39, 0.29) is 18.9 Å². The molecule has 0 radical (unpaired) electrons. The Labute approximate surface area is 209 Å². The number of nitrogens with zero attached hydrogens (tertiary/aromatic N) is 2. The lowest BCUT2D eigenvalue weighted by atomic mass is 10.1. The summed E-state index contributed by atoms with van der Waals surface area (Å²) in [6.07, 6.45) is 0.675. The Morgan fingerprint density at radius 2 is 1.63 bits per heavy atom. The van der Waals surface area contributed by atoms with Gasteiger partial charge in [-0.1, -0.05) is 41.7 Å². The van der Waals surface area contributed by atoms with E-state index in [0.29, 0.717) is 45.9 Å². The van der Waals surface area contributed by atoms with Gasteiger partial charge in [0.25, 0.3) is 0 Å². The predicted molar refractivity (Wildman–Crippen MR) is 135 cm³/mol. The number of hydrogen-bond donors (Lipinski definition) is 0. The zero-order valence-electron chi connectivity index (χ0n) is 20.6. The van der Waals surface area contributed by atoms with Gasteiger partial charge in [0, 0.05) is 6.42 Å². The molecule has 0 aliphatic carbocycles. The van der Waals surface area contributed by atoms with Crippen molar-refractivity contribution >= 4 is 28.3 Å². The fourth-order valence-corrected chi connectivity index (χ4v) is 4.56. The predicted octanol–water partition coefficient (Wildman–Crippen LogP) is 4.82.